The van der Waals surface area contributed by atoms with Crippen molar-refractivity contribution in [2.24, 2.45) is 11.8 Å². The van der Waals surface area contributed by atoms with Gasteiger partial charge >= 0.3 is 11.9 Å². The van der Waals surface area contributed by atoms with Gasteiger partial charge in [0.2, 0.25) is 0 Å². The minimum absolute atomic E-state index is 0.0681. The molecule has 0 bridgehead atoms. The maximum absolute atomic E-state index is 13.1. The standard InChI is InChI=1S/C60H78O14/c1-33-24-46-49(29-55(62)70-46)69-54-28-48-50(74-59(54,4)30-33)25-35(3)56-45(67-48)18-9-8-17-41-42(71-56)19-11-21-44-43(66-41)20-12-22-53-60(5,73-44)31-52-47(68-53)27-51-57(72-52)40(61)26-37(65-51)23-34(2)32-64-58(63)39-16-10-14-36-13-6-7-15-38(36)39/h6-11,13-16,21,33,35,37,40-54,56-57,61H,2,12,17-20,22-32H2,1,3-5H3/b9-8-,21-11-/t33-,35+,37-,40+,41?,42+,43?,44-,45?,46+,47?,48?,49?,50+,51?,52-,53?,54?,56-,57+,59-,60+/m1/s1. The van der Waals surface area contributed by atoms with E-state index in [1.54, 1.807) is 6.07 Å². The van der Waals surface area contributed by atoms with Gasteiger partial charge in [-0.25, -0.2) is 4.79 Å². The summed E-state index contributed by atoms with van der Waals surface area (Å²) in [5, 5.41) is 13.4. The Labute approximate surface area is 436 Å². The van der Waals surface area contributed by atoms with Gasteiger partial charge < -0.3 is 57.2 Å². The molecule has 0 amide bonds. The van der Waals surface area contributed by atoms with E-state index in [2.05, 4.69) is 58.6 Å². The molecule has 9 unspecified atom stereocenters. The number of ether oxygens (including phenoxy) is 11. The fourth-order valence-electron chi connectivity index (χ4n) is 14.8. The van der Waals surface area contributed by atoms with Gasteiger partial charge in [-0.05, 0) is 112 Å². The van der Waals surface area contributed by atoms with Gasteiger partial charge in [0.05, 0.1) is 109 Å². The van der Waals surface area contributed by atoms with Gasteiger partial charge in [0, 0.05) is 25.7 Å². The number of aliphatic hydroxyl groups excluding tert-OH is 1. The number of benzene rings is 2. The van der Waals surface area contributed by atoms with Crippen molar-refractivity contribution in [1.82, 2.24) is 0 Å². The first kappa shape index (κ1) is 51.2. The lowest BCUT2D eigenvalue weighted by atomic mass is 9.78. The van der Waals surface area contributed by atoms with Gasteiger partial charge in [0.1, 0.15) is 31.0 Å². The van der Waals surface area contributed by atoms with Crippen LogP contribution in [0.25, 0.3) is 10.8 Å². The van der Waals surface area contributed by atoms with Crippen LogP contribution in [0.3, 0.4) is 0 Å². The first-order valence-electron chi connectivity index (χ1n) is 28.2. The molecule has 8 fully saturated rings. The summed E-state index contributed by atoms with van der Waals surface area (Å²) in [5.74, 6) is -0.0777. The molecule has 14 nitrogen and oxygen atoms in total. The predicted octanol–water partition coefficient (Wildman–Crippen LogP) is 8.76. The molecule has 0 aromatic heterocycles. The van der Waals surface area contributed by atoms with Crippen LogP contribution in [0.15, 0.2) is 78.9 Å². The summed E-state index contributed by atoms with van der Waals surface area (Å²) in [4.78, 5) is 25.5. The third-order valence-corrected chi connectivity index (χ3v) is 18.4. The second-order valence-corrected chi connectivity index (χ2v) is 24.3. The summed E-state index contributed by atoms with van der Waals surface area (Å²) in [6.45, 7) is 13.2. The van der Waals surface area contributed by atoms with Crippen LogP contribution in [-0.2, 0) is 56.9 Å². The highest BCUT2D eigenvalue weighted by molar-refractivity contribution is 6.04. The minimum atomic E-state index is -0.733. The summed E-state index contributed by atoms with van der Waals surface area (Å²) in [6, 6.07) is 13.4. The lowest BCUT2D eigenvalue weighted by Crippen LogP contribution is -2.65. The average molecular weight is 1020 g/mol. The molecule has 10 heterocycles. The van der Waals surface area contributed by atoms with Crippen molar-refractivity contribution in [3.05, 3.63) is 84.5 Å². The van der Waals surface area contributed by atoms with Gasteiger partial charge in [-0.2, -0.15) is 0 Å². The quantitative estimate of drug-likeness (QED) is 0.224. The van der Waals surface area contributed by atoms with Crippen molar-refractivity contribution >= 4 is 22.7 Å². The number of aliphatic hydroxyl groups is 1. The van der Waals surface area contributed by atoms with Crippen LogP contribution in [0.5, 0.6) is 0 Å². The Morgan fingerprint density at radius 3 is 2.30 bits per heavy atom. The van der Waals surface area contributed by atoms with Crippen LogP contribution in [-0.4, -0.2) is 145 Å². The first-order valence-corrected chi connectivity index (χ1v) is 28.2. The van der Waals surface area contributed by atoms with E-state index in [1.807, 2.05) is 36.4 Å². The molecule has 22 atom stereocenters. The Bertz CT molecular complexity index is 2440. The van der Waals surface area contributed by atoms with Crippen molar-refractivity contribution in [3.8, 4) is 0 Å². The van der Waals surface area contributed by atoms with E-state index in [0.717, 1.165) is 67.7 Å². The summed E-state index contributed by atoms with van der Waals surface area (Å²) in [5.41, 5.74) is 0.104. The summed E-state index contributed by atoms with van der Waals surface area (Å²) < 4.78 is 74.6. The Morgan fingerprint density at radius 2 is 1.42 bits per heavy atom. The number of fused-ring (bicyclic) bond motifs is 10. The highest BCUT2D eigenvalue weighted by Crippen LogP contribution is 2.49. The lowest BCUT2D eigenvalue weighted by Gasteiger charge is -2.55. The van der Waals surface area contributed by atoms with E-state index in [0.29, 0.717) is 50.0 Å². The van der Waals surface area contributed by atoms with Crippen molar-refractivity contribution in [2.45, 2.75) is 245 Å². The van der Waals surface area contributed by atoms with Gasteiger partial charge in [0.15, 0.2) is 0 Å². The number of carbonyl (C=O) groups excluding carboxylic acids is 2. The topological polar surface area (TPSA) is 156 Å². The zero-order valence-corrected chi connectivity index (χ0v) is 43.7. The SMILES string of the molecule is C=C(COC(=O)c1cccc2ccccc12)C[C@@H]1C[C@H](O)[C@@H]2O[C@@H]3C[C@]4(C)O[C@@H]5/C=C\C[C@@H]6O[C@H]7C(C/C=C\CC6OC5CCCC4OC3CC2O1)OC1CC2OC3CC(=O)O[C@H]3C[C@@H](C)C[C@@]2(C)O[C@H]1C[C@@H]7C. The maximum Gasteiger partial charge on any atom is 0.339 e. The molecular weight excluding hydrogens is 945 g/mol. The minimum Gasteiger partial charge on any atom is -0.459 e. The van der Waals surface area contributed by atoms with Crippen molar-refractivity contribution in [1.29, 1.82) is 0 Å². The van der Waals surface area contributed by atoms with E-state index in [-0.39, 0.29) is 123 Å². The Hall–Kier alpha value is -3.54. The van der Waals surface area contributed by atoms with Crippen LogP contribution in [0, 0.1) is 11.8 Å². The Balaban J connectivity index is 0.672. The molecule has 12 rings (SSSR count). The fraction of sp³-hybridized carbons (Fsp3) is 0.700. The summed E-state index contributed by atoms with van der Waals surface area (Å²) >= 11 is 0. The molecule has 0 radical (unpaired) electrons. The zero-order chi connectivity index (χ0) is 50.9. The Morgan fingerprint density at radius 1 is 0.676 bits per heavy atom. The highest BCUT2D eigenvalue weighted by atomic mass is 16.6. The van der Waals surface area contributed by atoms with Crippen LogP contribution in [0.1, 0.15) is 134 Å². The first-order chi connectivity index (χ1) is 35.7. The molecule has 0 saturated carbocycles. The van der Waals surface area contributed by atoms with Crippen molar-refractivity contribution < 1.29 is 66.8 Å². The summed E-state index contributed by atoms with van der Waals surface area (Å²) in [6.07, 6.45) is 14.6. The zero-order valence-electron chi connectivity index (χ0n) is 43.7. The fourth-order valence-corrected chi connectivity index (χ4v) is 14.8. The number of rotatable bonds is 5. The number of hydrogen-bond donors (Lipinski definition) is 1. The van der Waals surface area contributed by atoms with Gasteiger partial charge in [-0.3, -0.25) is 4.79 Å². The molecule has 2 aromatic rings. The normalized spacial score (nSPS) is 47.0. The molecule has 1 N–H and O–H groups in total. The van der Waals surface area contributed by atoms with E-state index in [4.69, 9.17) is 52.1 Å². The van der Waals surface area contributed by atoms with Crippen LogP contribution in [0.2, 0.25) is 0 Å². The van der Waals surface area contributed by atoms with Gasteiger partial charge in [-0.15, -0.1) is 0 Å². The second kappa shape index (κ2) is 21.0. The van der Waals surface area contributed by atoms with E-state index in [1.165, 1.54) is 0 Å². The third kappa shape index (κ3) is 10.4. The molecule has 0 spiro atoms. The molecule has 74 heavy (non-hydrogen) atoms. The third-order valence-electron chi connectivity index (χ3n) is 18.4. The van der Waals surface area contributed by atoms with Gasteiger partial charge in [0.25, 0.3) is 0 Å². The number of hydrogen-bond acceptors (Lipinski definition) is 14. The Kier molecular flexibility index (Phi) is 14.5. The van der Waals surface area contributed by atoms with E-state index < -0.39 is 29.4 Å². The van der Waals surface area contributed by atoms with Gasteiger partial charge in [-0.1, -0.05) is 81.1 Å². The highest BCUT2D eigenvalue weighted by Gasteiger charge is 2.57. The largest absolute Gasteiger partial charge is 0.459 e. The van der Waals surface area contributed by atoms with Crippen molar-refractivity contribution in [2.75, 3.05) is 6.61 Å². The number of esters is 2. The molecule has 14 heteroatoms. The van der Waals surface area contributed by atoms with E-state index in [9.17, 15) is 14.7 Å². The molecule has 8 saturated heterocycles. The molecule has 10 aliphatic rings. The smallest absolute Gasteiger partial charge is 0.339 e. The molecule has 0 aliphatic carbocycles. The number of carbonyl (C=O) groups is 2. The molecule has 10 aliphatic heterocycles. The summed E-state index contributed by atoms with van der Waals surface area (Å²) in [7, 11) is 0. The molecule has 402 valence electrons. The second-order valence-electron chi connectivity index (χ2n) is 24.3. The van der Waals surface area contributed by atoms with Crippen LogP contribution in [0.4, 0.5) is 0 Å². The van der Waals surface area contributed by atoms with E-state index >= 15 is 0 Å². The average Bonchev–Trinajstić information content (AvgIpc) is 3.67. The van der Waals surface area contributed by atoms with Crippen molar-refractivity contribution in [3.63, 3.8) is 0 Å². The van der Waals surface area contributed by atoms with Crippen LogP contribution < -0.4 is 0 Å². The van der Waals surface area contributed by atoms with Crippen LogP contribution >= 0.6 is 0 Å². The maximum atomic E-state index is 13.1. The lowest BCUT2D eigenvalue weighted by molar-refractivity contribution is -0.316. The molecule has 2 aromatic carbocycles. The molecular formula is C60H78O14. The predicted molar refractivity (Wildman–Crippen MR) is 272 cm³/mol. The monoisotopic (exact) mass is 1020 g/mol.